The molecule has 4 heteroatoms. The molecule has 1 aliphatic rings. The Labute approximate surface area is 122 Å². The molecule has 1 N–H and O–H groups in total. The lowest BCUT2D eigenvalue weighted by molar-refractivity contribution is -0.117. The molecular weight excluding hydrogens is 269 g/mol. The van der Waals surface area contributed by atoms with Crippen molar-refractivity contribution < 1.29 is 13.9 Å². The number of rotatable bonds is 5. The molecule has 0 aromatic heterocycles. The van der Waals surface area contributed by atoms with Crippen LogP contribution in [0, 0.1) is 11.7 Å². The molecule has 1 saturated carbocycles. The first-order valence-electron chi connectivity index (χ1n) is 6.99. The van der Waals surface area contributed by atoms with Crippen molar-refractivity contribution in [1.29, 1.82) is 0 Å². The normalized spacial score (nSPS) is 13.8. The fourth-order valence-corrected chi connectivity index (χ4v) is 1.97. The van der Waals surface area contributed by atoms with Gasteiger partial charge in [-0.2, -0.15) is 0 Å². The molecule has 0 heterocycles. The van der Waals surface area contributed by atoms with Crippen LogP contribution in [-0.2, 0) is 11.4 Å². The zero-order valence-electron chi connectivity index (χ0n) is 11.5. The molecule has 21 heavy (non-hydrogen) atoms. The third-order valence-electron chi connectivity index (χ3n) is 3.39. The van der Waals surface area contributed by atoms with Crippen LogP contribution in [0.1, 0.15) is 18.4 Å². The molecule has 2 aromatic carbocycles. The van der Waals surface area contributed by atoms with E-state index in [9.17, 15) is 9.18 Å². The second-order valence-corrected chi connectivity index (χ2v) is 5.20. The van der Waals surface area contributed by atoms with Crippen LogP contribution in [0.25, 0.3) is 0 Å². The van der Waals surface area contributed by atoms with Crippen LogP contribution < -0.4 is 10.1 Å². The SMILES string of the molecule is O=C(Nc1ccc(OCc2ccc(F)cc2)cc1)C1CC1. The number of carbonyl (C=O) groups excluding carboxylic acids is 1. The van der Waals surface area contributed by atoms with Crippen LogP contribution in [0.2, 0.25) is 0 Å². The Bertz CT molecular complexity index is 618. The number of benzene rings is 2. The number of anilines is 1. The lowest BCUT2D eigenvalue weighted by Crippen LogP contribution is -2.13. The Morgan fingerprint density at radius 2 is 1.76 bits per heavy atom. The van der Waals surface area contributed by atoms with E-state index in [1.807, 2.05) is 24.3 Å². The van der Waals surface area contributed by atoms with Gasteiger partial charge in [0.15, 0.2) is 0 Å². The summed E-state index contributed by atoms with van der Waals surface area (Å²) >= 11 is 0. The predicted molar refractivity (Wildman–Crippen MR) is 78.5 cm³/mol. The molecular formula is C17H16FNO2. The van der Waals surface area contributed by atoms with Crippen molar-refractivity contribution in [3.8, 4) is 5.75 Å². The second kappa shape index (κ2) is 5.95. The lowest BCUT2D eigenvalue weighted by Gasteiger charge is -2.08. The minimum Gasteiger partial charge on any atom is -0.489 e. The molecule has 3 nitrogen and oxygen atoms in total. The van der Waals surface area contributed by atoms with Gasteiger partial charge in [0.05, 0.1) is 0 Å². The number of carbonyl (C=O) groups is 1. The maximum Gasteiger partial charge on any atom is 0.227 e. The Hall–Kier alpha value is -2.36. The van der Waals surface area contributed by atoms with Gasteiger partial charge in [0.2, 0.25) is 5.91 Å². The molecule has 0 unspecified atom stereocenters. The zero-order valence-corrected chi connectivity index (χ0v) is 11.5. The van der Waals surface area contributed by atoms with Crippen molar-refractivity contribution in [1.82, 2.24) is 0 Å². The highest BCUT2D eigenvalue weighted by Gasteiger charge is 2.29. The average Bonchev–Trinajstić information content (AvgIpc) is 3.33. The monoisotopic (exact) mass is 285 g/mol. The van der Waals surface area contributed by atoms with Gasteiger partial charge in [0.1, 0.15) is 18.2 Å². The van der Waals surface area contributed by atoms with Gasteiger partial charge < -0.3 is 10.1 Å². The quantitative estimate of drug-likeness (QED) is 0.908. The Morgan fingerprint density at radius 3 is 2.38 bits per heavy atom. The number of amides is 1. The van der Waals surface area contributed by atoms with Gasteiger partial charge in [-0.25, -0.2) is 4.39 Å². The summed E-state index contributed by atoms with van der Waals surface area (Å²) in [5.74, 6) is 0.743. The highest BCUT2D eigenvalue weighted by Crippen LogP contribution is 2.30. The molecule has 1 amide bonds. The summed E-state index contributed by atoms with van der Waals surface area (Å²) in [5, 5.41) is 2.87. The van der Waals surface area contributed by atoms with E-state index < -0.39 is 0 Å². The van der Waals surface area contributed by atoms with Crippen LogP contribution in [-0.4, -0.2) is 5.91 Å². The van der Waals surface area contributed by atoms with E-state index in [0.29, 0.717) is 12.4 Å². The summed E-state index contributed by atoms with van der Waals surface area (Å²) in [4.78, 5) is 11.6. The van der Waals surface area contributed by atoms with Crippen molar-refractivity contribution in [2.45, 2.75) is 19.4 Å². The molecule has 1 fully saturated rings. The summed E-state index contributed by atoms with van der Waals surface area (Å²) in [6, 6.07) is 13.5. The summed E-state index contributed by atoms with van der Waals surface area (Å²) in [5.41, 5.74) is 1.68. The minimum absolute atomic E-state index is 0.0926. The molecule has 2 aromatic rings. The topological polar surface area (TPSA) is 38.3 Å². The number of hydrogen-bond donors (Lipinski definition) is 1. The first kappa shape index (κ1) is 13.6. The fraction of sp³-hybridized carbons (Fsp3) is 0.235. The molecule has 0 atom stereocenters. The van der Waals surface area contributed by atoms with Crippen molar-refractivity contribution in [3.63, 3.8) is 0 Å². The van der Waals surface area contributed by atoms with E-state index in [4.69, 9.17) is 4.74 Å². The maximum atomic E-state index is 12.8. The summed E-state index contributed by atoms with van der Waals surface area (Å²) in [6.45, 7) is 0.383. The van der Waals surface area contributed by atoms with E-state index in [-0.39, 0.29) is 17.6 Å². The number of nitrogens with one attached hydrogen (secondary N) is 1. The second-order valence-electron chi connectivity index (χ2n) is 5.20. The number of hydrogen-bond acceptors (Lipinski definition) is 2. The first-order valence-corrected chi connectivity index (χ1v) is 6.99. The van der Waals surface area contributed by atoms with Gasteiger partial charge in [0, 0.05) is 11.6 Å². The smallest absolute Gasteiger partial charge is 0.227 e. The maximum absolute atomic E-state index is 12.8. The summed E-state index contributed by atoms with van der Waals surface area (Å²) in [7, 11) is 0. The lowest BCUT2D eigenvalue weighted by atomic mass is 10.2. The molecule has 0 bridgehead atoms. The highest BCUT2D eigenvalue weighted by atomic mass is 19.1. The Morgan fingerprint density at radius 1 is 1.10 bits per heavy atom. The Kier molecular flexibility index (Phi) is 3.86. The van der Waals surface area contributed by atoms with E-state index in [2.05, 4.69) is 5.32 Å². The van der Waals surface area contributed by atoms with Gasteiger partial charge in [-0.3, -0.25) is 4.79 Å². The molecule has 0 aliphatic heterocycles. The molecule has 0 saturated heterocycles. The third-order valence-corrected chi connectivity index (χ3v) is 3.39. The van der Waals surface area contributed by atoms with Gasteiger partial charge in [0.25, 0.3) is 0 Å². The molecule has 0 radical (unpaired) electrons. The summed E-state index contributed by atoms with van der Waals surface area (Å²) in [6.07, 6.45) is 1.98. The van der Waals surface area contributed by atoms with E-state index >= 15 is 0 Å². The molecule has 0 spiro atoms. The van der Waals surface area contributed by atoms with Crippen LogP contribution in [0.3, 0.4) is 0 Å². The zero-order chi connectivity index (χ0) is 14.7. The van der Waals surface area contributed by atoms with Gasteiger partial charge >= 0.3 is 0 Å². The standard InChI is InChI=1S/C17H16FNO2/c18-14-5-1-12(2-6-14)11-21-16-9-7-15(8-10-16)19-17(20)13-3-4-13/h1-2,5-10,13H,3-4,11H2,(H,19,20). The van der Waals surface area contributed by atoms with Crippen molar-refractivity contribution in [2.24, 2.45) is 5.92 Å². The molecule has 3 rings (SSSR count). The average molecular weight is 285 g/mol. The van der Waals surface area contributed by atoms with Crippen molar-refractivity contribution in [2.75, 3.05) is 5.32 Å². The van der Waals surface area contributed by atoms with Gasteiger partial charge in [-0.1, -0.05) is 12.1 Å². The number of ether oxygens (including phenoxy) is 1. The highest BCUT2D eigenvalue weighted by molar-refractivity contribution is 5.94. The largest absolute Gasteiger partial charge is 0.489 e. The van der Waals surface area contributed by atoms with E-state index in [1.54, 1.807) is 12.1 Å². The molecule has 108 valence electrons. The van der Waals surface area contributed by atoms with E-state index in [1.165, 1.54) is 12.1 Å². The third kappa shape index (κ3) is 3.81. The van der Waals surface area contributed by atoms with Crippen LogP contribution >= 0.6 is 0 Å². The first-order chi connectivity index (χ1) is 10.2. The van der Waals surface area contributed by atoms with Crippen LogP contribution in [0.4, 0.5) is 10.1 Å². The van der Waals surface area contributed by atoms with Crippen LogP contribution in [0.15, 0.2) is 48.5 Å². The van der Waals surface area contributed by atoms with E-state index in [0.717, 1.165) is 24.1 Å². The van der Waals surface area contributed by atoms with Crippen molar-refractivity contribution >= 4 is 11.6 Å². The number of halogens is 1. The van der Waals surface area contributed by atoms with Gasteiger partial charge in [-0.05, 0) is 54.8 Å². The van der Waals surface area contributed by atoms with Crippen molar-refractivity contribution in [3.05, 3.63) is 59.9 Å². The Balaban J connectivity index is 1.54. The predicted octanol–water partition coefficient (Wildman–Crippen LogP) is 3.75. The summed E-state index contributed by atoms with van der Waals surface area (Å²) < 4.78 is 18.4. The van der Waals surface area contributed by atoms with Gasteiger partial charge in [-0.15, -0.1) is 0 Å². The van der Waals surface area contributed by atoms with Crippen LogP contribution in [0.5, 0.6) is 5.75 Å². The fourth-order valence-electron chi connectivity index (χ4n) is 1.97. The molecule has 1 aliphatic carbocycles. The minimum atomic E-state index is -0.255.